The smallest absolute Gasteiger partial charge is 0.132 e. The third kappa shape index (κ3) is 2.73. The fourth-order valence-corrected chi connectivity index (χ4v) is 3.22. The molecule has 3 aromatic rings. The van der Waals surface area contributed by atoms with E-state index in [1.807, 2.05) is 43.3 Å². The van der Waals surface area contributed by atoms with Gasteiger partial charge in [0.1, 0.15) is 10.8 Å². The van der Waals surface area contributed by atoms with Gasteiger partial charge < -0.3 is 5.73 Å². The van der Waals surface area contributed by atoms with E-state index in [0.29, 0.717) is 11.3 Å². The van der Waals surface area contributed by atoms with Gasteiger partial charge in [0.2, 0.25) is 0 Å². The van der Waals surface area contributed by atoms with Gasteiger partial charge in [-0.25, -0.2) is 9.37 Å². The van der Waals surface area contributed by atoms with Gasteiger partial charge in [0.25, 0.3) is 0 Å². The Morgan fingerprint density at radius 1 is 1.05 bits per heavy atom. The van der Waals surface area contributed by atoms with Crippen LogP contribution in [0.15, 0.2) is 54.6 Å². The van der Waals surface area contributed by atoms with Gasteiger partial charge in [-0.1, -0.05) is 42.5 Å². The van der Waals surface area contributed by atoms with Gasteiger partial charge in [-0.2, -0.15) is 0 Å². The minimum Gasteiger partial charge on any atom is -0.318 e. The maximum atomic E-state index is 13.9. The van der Waals surface area contributed by atoms with Crippen molar-refractivity contribution in [1.82, 2.24) is 4.98 Å². The number of thiazole rings is 1. The molecule has 21 heavy (non-hydrogen) atoms. The number of hydrogen-bond acceptors (Lipinski definition) is 3. The van der Waals surface area contributed by atoms with Gasteiger partial charge in [0.15, 0.2) is 0 Å². The Balaban J connectivity index is 2.01. The third-order valence-corrected chi connectivity index (χ3v) is 4.42. The van der Waals surface area contributed by atoms with Crippen LogP contribution in [0.25, 0.3) is 11.3 Å². The summed E-state index contributed by atoms with van der Waals surface area (Å²) in [7, 11) is 0. The van der Waals surface area contributed by atoms with Crippen LogP contribution < -0.4 is 5.73 Å². The van der Waals surface area contributed by atoms with Crippen LogP contribution in [0.3, 0.4) is 0 Å². The molecule has 106 valence electrons. The molecule has 0 saturated heterocycles. The molecule has 1 heterocycles. The van der Waals surface area contributed by atoms with E-state index in [1.54, 1.807) is 12.1 Å². The summed E-state index contributed by atoms with van der Waals surface area (Å²) >= 11 is 1.52. The van der Waals surface area contributed by atoms with Crippen LogP contribution in [0.1, 0.15) is 21.5 Å². The maximum absolute atomic E-state index is 13.9. The van der Waals surface area contributed by atoms with Crippen LogP contribution in [0, 0.1) is 12.7 Å². The lowest BCUT2D eigenvalue weighted by molar-refractivity contribution is 0.630. The molecule has 0 aliphatic rings. The normalized spacial score (nSPS) is 12.3. The van der Waals surface area contributed by atoms with E-state index < -0.39 is 0 Å². The number of nitrogens with zero attached hydrogens (tertiary/aromatic N) is 1. The van der Waals surface area contributed by atoms with Crippen LogP contribution in [0.5, 0.6) is 0 Å². The summed E-state index contributed by atoms with van der Waals surface area (Å²) < 4.78 is 13.9. The Hall–Kier alpha value is -2.04. The number of aromatic nitrogens is 1. The molecule has 0 bridgehead atoms. The molecule has 0 amide bonds. The standard InChI is InChI=1S/C17H15FN2S/c1-11-16(13-9-5-6-10-14(13)18)20-17(21-11)15(19)12-7-3-2-4-8-12/h2-10,15H,19H2,1H3. The molecule has 0 radical (unpaired) electrons. The van der Waals surface area contributed by atoms with Gasteiger partial charge in [-0.3, -0.25) is 0 Å². The van der Waals surface area contributed by atoms with E-state index in [1.165, 1.54) is 17.4 Å². The van der Waals surface area contributed by atoms with Crippen LogP contribution in [0.2, 0.25) is 0 Å². The fraction of sp³-hybridized carbons (Fsp3) is 0.118. The number of rotatable bonds is 3. The van der Waals surface area contributed by atoms with Crippen molar-refractivity contribution in [3.8, 4) is 11.3 Å². The summed E-state index contributed by atoms with van der Waals surface area (Å²) in [6, 6.07) is 16.2. The van der Waals surface area contributed by atoms with Crippen molar-refractivity contribution in [2.75, 3.05) is 0 Å². The predicted molar refractivity (Wildman–Crippen MR) is 84.7 cm³/mol. The molecule has 2 nitrogen and oxygen atoms in total. The zero-order chi connectivity index (χ0) is 14.8. The topological polar surface area (TPSA) is 38.9 Å². The van der Waals surface area contributed by atoms with Gasteiger partial charge in [0.05, 0.1) is 11.7 Å². The molecule has 1 atom stereocenters. The largest absolute Gasteiger partial charge is 0.318 e. The predicted octanol–water partition coefficient (Wildman–Crippen LogP) is 4.31. The van der Waals surface area contributed by atoms with E-state index in [0.717, 1.165) is 15.4 Å². The minimum atomic E-state index is -0.282. The zero-order valence-corrected chi connectivity index (χ0v) is 12.4. The molecule has 2 aromatic carbocycles. The van der Waals surface area contributed by atoms with Crippen molar-refractivity contribution in [2.24, 2.45) is 5.73 Å². The SMILES string of the molecule is Cc1sc(C(N)c2ccccc2)nc1-c1ccccc1F. The molecule has 1 unspecified atom stereocenters. The molecule has 1 aromatic heterocycles. The number of hydrogen-bond donors (Lipinski definition) is 1. The summed E-state index contributed by atoms with van der Waals surface area (Å²) in [6.45, 7) is 1.95. The van der Waals surface area contributed by atoms with Crippen molar-refractivity contribution in [3.05, 3.63) is 75.9 Å². The molecule has 0 fully saturated rings. The van der Waals surface area contributed by atoms with E-state index >= 15 is 0 Å². The first-order valence-corrected chi connectivity index (χ1v) is 7.51. The molecule has 0 aliphatic heterocycles. The zero-order valence-electron chi connectivity index (χ0n) is 11.6. The summed E-state index contributed by atoms with van der Waals surface area (Å²) in [5.41, 5.74) is 8.48. The van der Waals surface area contributed by atoms with E-state index in [4.69, 9.17) is 5.73 Å². The molecule has 0 saturated carbocycles. The first-order valence-electron chi connectivity index (χ1n) is 6.69. The van der Waals surface area contributed by atoms with E-state index in [2.05, 4.69) is 4.98 Å². The summed E-state index contributed by atoms with van der Waals surface area (Å²) in [6.07, 6.45) is 0. The Bertz CT molecular complexity index is 752. The summed E-state index contributed by atoms with van der Waals surface area (Å²) in [5, 5.41) is 0.803. The lowest BCUT2D eigenvalue weighted by Gasteiger charge is -2.08. The molecule has 0 spiro atoms. The minimum absolute atomic E-state index is 0.259. The number of nitrogens with two attached hydrogens (primary N) is 1. The van der Waals surface area contributed by atoms with Crippen molar-refractivity contribution in [3.63, 3.8) is 0 Å². The second kappa shape index (κ2) is 5.76. The van der Waals surface area contributed by atoms with Crippen LogP contribution in [-0.4, -0.2) is 4.98 Å². The number of aryl methyl sites for hydroxylation is 1. The average Bonchev–Trinajstić information content (AvgIpc) is 2.90. The quantitative estimate of drug-likeness (QED) is 0.782. The van der Waals surface area contributed by atoms with Crippen LogP contribution in [-0.2, 0) is 0 Å². The summed E-state index contributed by atoms with van der Waals surface area (Å²) in [5.74, 6) is -0.259. The highest BCUT2D eigenvalue weighted by Crippen LogP contribution is 2.33. The van der Waals surface area contributed by atoms with Gasteiger partial charge in [-0.15, -0.1) is 11.3 Å². The highest BCUT2D eigenvalue weighted by Gasteiger charge is 2.18. The first-order chi connectivity index (χ1) is 10.2. The highest BCUT2D eigenvalue weighted by molar-refractivity contribution is 7.12. The Morgan fingerprint density at radius 2 is 1.71 bits per heavy atom. The number of benzene rings is 2. The maximum Gasteiger partial charge on any atom is 0.132 e. The summed E-state index contributed by atoms with van der Waals surface area (Å²) in [4.78, 5) is 5.54. The highest BCUT2D eigenvalue weighted by atomic mass is 32.1. The lowest BCUT2D eigenvalue weighted by atomic mass is 10.1. The molecular formula is C17H15FN2S. The second-order valence-corrected chi connectivity index (χ2v) is 6.06. The van der Waals surface area contributed by atoms with E-state index in [-0.39, 0.29) is 11.9 Å². The monoisotopic (exact) mass is 298 g/mol. The Morgan fingerprint density at radius 3 is 2.43 bits per heavy atom. The van der Waals surface area contributed by atoms with Gasteiger partial charge in [0, 0.05) is 10.4 Å². The van der Waals surface area contributed by atoms with Gasteiger partial charge >= 0.3 is 0 Å². The number of halogens is 1. The molecule has 2 N–H and O–H groups in total. The van der Waals surface area contributed by atoms with Crippen molar-refractivity contribution < 1.29 is 4.39 Å². The Kier molecular flexibility index (Phi) is 3.82. The van der Waals surface area contributed by atoms with Gasteiger partial charge in [-0.05, 0) is 24.6 Å². The fourth-order valence-electron chi connectivity index (χ4n) is 2.26. The van der Waals surface area contributed by atoms with Crippen LogP contribution >= 0.6 is 11.3 Å². The van der Waals surface area contributed by atoms with E-state index in [9.17, 15) is 4.39 Å². The lowest BCUT2D eigenvalue weighted by Crippen LogP contribution is -2.11. The molecular weight excluding hydrogens is 283 g/mol. The van der Waals surface area contributed by atoms with Crippen molar-refractivity contribution >= 4 is 11.3 Å². The third-order valence-electron chi connectivity index (χ3n) is 3.37. The average molecular weight is 298 g/mol. The molecule has 0 aliphatic carbocycles. The second-order valence-electron chi connectivity index (χ2n) is 4.83. The Labute approximate surface area is 127 Å². The van der Waals surface area contributed by atoms with Crippen molar-refractivity contribution in [1.29, 1.82) is 0 Å². The molecule has 4 heteroatoms. The first kappa shape index (κ1) is 13.9. The van der Waals surface area contributed by atoms with Crippen LogP contribution in [0.4, 0.5) is 4.39 Å². The molecule has 3 rings (SSSR count). The van der Waals surface area contributed by atoms with Crippen molar-refractivity contribution in [2.45, 2.75) is 13.0 Å².